The summed E-state index contributed by atoms with van der Waals surface area (Å²) in [7, 11) is 0. The fourth-order valence-electron chi connectivity index (χ4n) is 4.15. The average Bonchev–Trinajstić information content (AvgIpc) is 2.90. The minimum Gasteiger partial charge on any atom is -0.368 e. The predicted molar refractivity (Wildman–Crippen MR) is 133 cm³/mol. The summed E-state index contributed by atoms with van der Waals surface area (Å²) in [6.07, 6.45) is 0.258. The molecule has 0 aliphatic carbocycles. The highest BCUT2D eigenvalue weighted by atomic mass is 35.5. The van der Waals surface area contributed by atoms with Crippen LogP contribution in [0.3, 0.4) is 0 Å². The molecule has 0 aromatic heterocycles. The number of anilines is 2. The number of fused-ring (bicyclic) bond motifs is 1. The van der Waals surface area contributed by atoms with E-state index in [2.05, 4.69) is 10.6 Å². The molecule has 3 aromatic rings. The summed E-state index contributed by atoms with van der Waals surface area (Å²) in [6, 6.07) is 19.9. The molecule has 4 amide bonds. The average molecular weight is 497 g/mol. The van der Waals surface area contributed by atoms with Crippen LogP contribution in [0.15, 0.2) is 72.8 Å². The fraction of sp³-hybridized carbons (Fsp3) is 0.160. The maximum atomic E-state index is 13.6. The number of amides is 4. The van der Waals surface area contributed by atoms with E-state index < -0.39 is 23.9 Å². The molecule has 0 saturated heterocycles. The molecule has 4 rings (SSSR count). The number of nitrogens with one attached hydrogen (secondary N) is 2. The number of benzene rings is 3. The SMILES string of the molecule is NC(=O)CN1C(=O)C(NC(=O)Nc2cccc(Cl)c2)CC(c2ccccc2)c2cc(Cl)ccc21. The summed E-state index contributed by atoms with van der Waals surface area (Å²) in [4.78, 5) is 39.5. The van der Waals surface area contributed by atoms with E-state index in [9.17, 15) is 14.4 Å². The lowest BCUT2D eigenvalue weighted by Gasteiger charge is -2.25. The molecular formula is C25H22Cl2N4O3. The molecule has 9 heteroatoms. The minimum atomic E-state index is -0.935. The van der Waals surface area contributed by atoms with Crippen LogP contribution in [0.5, 0.6) is 0 Å². The van der Waals surface area contributed by atoms with Gasteiger partial charge in [0.05, 0.1) is 0 Å². The van der Waals surface area contributed by atoms with E-state index in [0.717, 1.165) is 11.1 Å². The molecule has 34 heavy (non-hydrogen) atoms. The fourth-order valence-corrected chi connectivity index (χ4v) is 4.52. The first-order valence-corrected chi connectivity index (χ1v) is 11.3. The second kappa shape index (κ2) is 10.2. The summed E-state index contributed by atoms with van der Waals surface area (Å²) in [5, 5.41) is 6.41. The number of carbonyl (C=O) groups excluding carboxylic acids is 3. The zero-order valence-electron chi connectivity index (χ0n) is 18.0. The molecule has 0 bridgehead atoms. The number of halogens is 2. The third-order valence-electron chi connectivity index (χ3n) is 5.60. The van der Waals surface area contributed by atoms with Gasteiger partial charge in [-0.3, -0.25) is 9.59 Å². The van der Waals surface area contributed by atoms with E-state index in [1.807, 2.05) is 30.3 Å². The van der Waals surface area contributed by atoms with Crippen molar-refractivity contribution in [3.63, 3.8) is 0 Å². The second-order valence-electron chi connectivity index (χ2n) is 7.95. The van der Waals surface area contributed by atoms with Crippen molar-refractivity contribution in [1.82, 2.24) is 5.32 Å². The van der Waals surface area contributed by atoms with Crippen LogP contribution in [0, 0.1) is 0 Å². The zero-order valence-corrected chi connectivity index (χ0v) is 19.5. The van der Waals surface area contributed by atoms with Gasteiger partial charge in [0.25, 0.3) is 0 Å². The van der Waals surface area contributed by atoms with Gasteiger partial charge in [-0.2, -0.15) is 0 Å². The van der Waals surface area contributed by atoms with Gasteiger partial charge >= 0.3 is 6.03 Å². The Hall–Kier alpha value is -3.55. The van der Waals surface area contributed by atoms with Crippen molar-refractivity contribution in [1.29, 1.82) is 0 Å². The monoisotopic (exact) mass is 496 g/mol. The Labute approximate surface area is 206 Å². The second-order valence-corrected chi connectivity index (χ2v) is 8.83. The first kappa shape index (κ1) is 23.6. The molecule has 2 atom stereocenters. The molecule has 1 aliphatic heterocycles. The number of urea groups is 1. The van der Waals surface area contributed by atoms with Gasteiger partial charge in [0, 0.05) is 27.3 Å². The van der Waals surface area contributed by atoms with Crippen LogP contribution in [0.1, 0.15) is 23.5 Å². The summed E-state index contributed by atoms with van der Waals surface area (Å²) in [6.45, 7) is -0.330. The van der Waals surface area contributed by atoms with Crippen molar-refractivity contribution < 1.29 is 14.4 Å². The van der Waals surface area contributed by atoms with Crippen LogP contribution in [0.4, 0.5) is 16.2 Å². The Morgan fingerprint density at radius 3 is 2.41 bits per heavy atom. The van der Waals surface area contributed by atoms with Gasteiger partial charge in [-0.25, -0.2) is 4.79 Å². The Morgan fingerprint density at radius 1 is 0.971 bits per heavy atom. The molecule has 1 aliphatic rings. The molecule has 0 saturated carbocycles. The highest BCUT2D eigenvalue weighted by Crippen LogP contribution is 2.40. The third kappa shape index (κ3) is 5.32. The van der Waals surface area contributed by atoms with E-state index in [1.54, 1.807) is 42.5 Å². The summed E-state index contributed by atoms with van der Waals surface area (Å²) in [5.41, 5.74) is 8.19. The lowest BCUT2D eigenvalue weighted by molar-refractivity contribution is -0.123. The van der Waals surface area contributed by atoms with Crippen LogP contribution in [-0.4, -0.2) is 30.4 Å². The molecular weight excluding hydrogens is 475 g/mol. The van der Waals surface area contributed by atoms with Crippen molar-refractivity contribution in [3.8, 4) is 0 Å². The Kier molecular flexibility index (Phi) is 7.05. The first-order chi connectivity index (χ1) is 16.3. The predicted octanol–water partition coefficient (Wildman–Crippen LogP) is 4.54. The summed E-state index contributed by atoms with van der Waals surface area (Å²) >= 11 is 12.3. The lowest BCUT2D eigenvalue weighted by Crippen LogP contribution is -2.51. The van der Waals surface area contributed by atoms with E-state index in [1.165, 1.54) is 4.90 Å². The molecule has 2 unspecified atom stereocenters. The zero-order chi connectivity index (χ0) is 24.2. The Bertz CT molecular complexity index is 1240. The molecule has 0 radical (unpaired) electrons. The van der Waals surface area contributed by atoms with Crippen molar-refractivity contribution in [3.05, 3.63) is 94.0 Å². The maximum Gasteiger partial charge on any atom is 0.319 e. The number of primary amides is 1. The highest BCUT2D eigenvalue weighted by molar-refractivity contribution is 6.31. The van der Waals surface area contributed by atoms with Gasteiger partial charge in [0.1, 0.15) is 12.6 Å². The largest absolute Gasteiger partial charge is 0.368 e. The van der Waals surface area contributed by atoms with Gasteiger partial charge in [0.15, 0.2) is 0 Å². The summed E-state index contributed by atoms with van der Waals surface area (Å²) < 4.78 is 0. The van der Waals surface area contributed by atoms with Crippen molar-refractivity contribution in [2.24, 2.45) is 5.73 Å². The van der Waals surface area contributed by atoms with Crippen molar-refractivity contribution >= 4 is 52.4 Å². The van der Waals surface area contributed by atoms with Gasteiger partial charge in [-0.1, -0.05) is 59.6 Å². The standard InChI is InChI=1S/C25H22Cl2N4O3/c26-16-7-4-8-18(11-16)29-25(34)30-21-13-19(15-5-2-1-3-6-15)20-12-17(27)9-10-22(20)31(24(21)33)14-23(28)32/h1-12,19,21H,13-14H2,(H2,28,32)(H2,29,30,34). The lowest BCUT2D eigenvalue weighted by atomic mass is 9.86. The van der Waals surface area contributed by atoms with Crippen molar-refractivity contribution in [2.75, 3.05) is 16.8 Å². The third-order valence-corrected chi connectivity index (χ3v) is 6.07. The van der Waals surface area contributed by atoms with E-state index in [0.29, 0.717) is 21.4 Å². The molecule has 1 heterocycles. The molecule has 4 N–H and O–H groups in total. The topological polar surface area (TPSA) is 105 Å². The van der Waals surface area contributed by atoms with Crippen molar-refractivity contribution in [2.45, 2.75) is 18.4 Å². The summed E-state index contributed by atoms with van der Waals surface area (Å²) in [5.74, 6) is -1.38. The van der Waals surface area contributed by atoms with Gasteiger partial charge in [0.2, 0.25) is 11.8 Å². The number of rotatable bonds is 5. The van der Waals surface area contributed by atoms with Crippen LogP contribution in [-0.2, 0) is 9.59 Å². The quantitative estimate of drug-likeness (QED) is 0.482. The Balaban J connectivity index is 1.72. The molecule has 0 spiro atoms. The van der Waals surface area contributed by atoms with Gasteiger partial charge in [-0.05, 0) is 53.9 Å². The van der Waals surface area contributed by atoms with Crippen LogP contribution >= 0.6 is 23.2 Å². The highest BCUT2D eigenvalue weighted by Gasteiger charge is 2.37. The van der Waals surface area contributed by atoms with E-state index in [-0.39, 0.29) is 18.9 Å². The number of hydrogen-bond donors (Lipinski definition) is 3. The smallest absolute Gasteiger partial charge is 0.319 e. The number of nitrogens with zero attached hydrogens (tertiary/aromatic N) is 1. The number of nitrogens with two attached hydrogens (primary N) is 1. The van der Waals surface area contributed by atoms with Gasteiger partial charge < -0.3 is 21.3 Å². The van der Waals surface area contributed by atoms with Crippen LogP contribution in [0.25, 0.3) is 0 Å². The maximum absolute atomic E-state index is 13.6. The number of hydrogen-bond acceptors (Lipinski definition) is 3. The molecule has 3 aromatic carbocycles. The molecule has 7 nitrogen and oxygen atoms in total. The molecule has 0 fully saturated rings. The van der Waals surface area contributed by atoms with Crippen LogP contribution in [0.2, 0.25) is 10.0 Å². The minimum absolute atomic E-state index is 0.258. The van der Waals surface area contributed by atoms with Crippen LogP contribution < -0.4 is 21.3 Å². The van der Waals surface area contributed by atoms with E-state index in [4.69, 9.17) is 28.9 Å². The number of carbonyl (C=O) groups is 3. The molecule has 174 valence electrons. The normalized spacial score (nSPS) is 17.5. The van der Waals surface area contributed by atoms with Gasteiger partial charge in [-0.15, -0.1) is 0 Å². The Morgan fingerprint density at radius 2 is 1.71 bits per heavy atom. The van der Waals surface area contributed by atoms with E-state index >= 15 is 0 Å². The first-order valence-electron chi connectivity index (χ1n) is 10.6.